The summed E-state index contributed by atoms with van der Waals surface area (Å²) in [4.78, 5) is 24.7. The highest BCUT2D eigenvalue weighted by atomic mass is 79.9. The Bertz CT molecular complexity index is 459. The number of imide groups is 1. The van der Waals surface area contributed by atoms with Gasteiger partial charge in [0.2, 0.25) is 0 Å². The van der Waals surface area contributed by atoms with E-state index in [9.17, 15) is 9.59 Å². The molecule has 0 saturated carbocycles. The second-order valence-electron chi connectivity index (χ2n) is 3.67. The number of benzene rings is 1. The number of halogens is 1. The minimum Gasteiger partial charge on any atom is -0.336 e. The molecule has 4 nitrogen and oxygen atoms in total. The van der Waals surface area contributed by atoms with E-state index in [1.165, 1.54) is 4.90 Å². The fourth-order valence-corrected chi connectivity index (χ4v) is 2.03. The molecule has 1 fully saturated rings. The lowest BCUT2D eigenvalue weighted by atomic mass is 10.1. The van der Waals surface area contributed by atoms with Crippen molar-refractivity contribution < 1.29 is 9.59 Å². The van der Waals surface area contributed by atoms with Gasteiger partial charge in [-0.2, -0.15) is 0 Å². The fraction of sp³-hybridized carbons (Fsp3) is 0.273. The first-order valence-electron chi connectivity index (χ1n) is 4.95. The number of nitrogens with one attached hydrogen (secondary N) is 1. The van der Waals surface area contributed by atoms with Gasteiger partial charge in [-0.05, 0) is 35.0 Å². The molecule has 0 aromatic heterocycles. The quantitative estimate of drug-likeness (QED) is 0.856. The van der Waals surface area contributed by atoms with Crippen molar-refractivity contribution >= 4 is 27.9 Å². The van der Waals surface area contributed by atoms with Gasteiger partial charge >= 0.3 is 6.03 Å². The van der Waals surface area contributed by atoms with Crippen LogP contribution < -0.4 is 5.32 Å². The average Bonchev–Trinajstić information content (AvgIpc) is 2.67. The first-order chi connectivity index (χ1) is 7.59. The van der Waals surface area contributed by atoms with Crippen LogP contribution in [-0.4, -0.2) is 29.9 Å². The van der Waals surface area contributed by atoms with Crippen LogP contribution in [0.3, 0.4) is 0 Å². The topological polar surface area (TPSA) is 49.4 Å². The third-order valence-electron chi connectivity index (χ3n) is 2.45. The van der Waals surface area contributed by atoms with E-state index in [1.807, 2.05) is 19.1 Å². The molecule has 0 aliphatic carbocycles. The Morgan fingerprint density at radius 3 is 2.88 bits per heavy atom. The van der Waals surface area contributed by atoms with E-state index in [0.717, 1.165) is 5.56 Å². The third-order valence-corrected chi connectivity index (χ3v) is 3.15. The Morgan fingerprint density at radius 2 is 2.25 bits per heavy atom. The van der Waals surface area contributed by atoms with Gasteiger partial charge in [0.25, 0.3) is 5.91 Å². The summed E-state index contributed by atoms with van der Waals surface area (Å²) < 4.78 is 0.711. The number of carbonyl (C=O) groups is 2. The summed E-state index contributed by atoms with van der Waals surface area (Å²) in [6.07, 6.45) is 0. The van der Waals surface area contributed by atoms with E-state index in [-0.39, 0.29) is 11.9 Å². The smallest absolute Gasteiger partial charge is 0.324 e. The van der Waals surface area contributed by atoms with E-state index in [0.29, 0.717) is 23.1 Å². The van der Waals surface area contributed by atoms with E-state index in [2.05, 4.69) is 21.2 Å². The highest BCUT2D eigenvalue weighted by Crippen LogP contribution is 2.20. The number of aryl methyl sites for hydroxylation is 1. The van der Waals surface area contributed by atoms with Crippen molar-refractivity contribution in [2.45, 2.75) is 6.92 Å². The van der Waals surface area contributed by atoms with Crippen LogP contribution in [0.25, 0.3) is 0 Å². The number of rotatable bonds is 1. The van der Waals surface area contributed by atoms with Gasteiger partial charge in [-0.15, -0.1) is 0 Å². The number of nitrogens with zero attached hydrogens (tertiary/aromatic N) is 1. The third kappa shape index (κ3) is 1.95. The van der Waals surface area contributed by atoms with Crippen LogP contribution in [0, 0.1) is 6.92 Å². The predicted molar refractivity (Wildman–Crippen MR) is 63.3 cm³/mol. The van der Waals surface area contributed by atoms with Crippen LogP contribution in [0.4, 0.5) is 4.79 Å². The Hall–Kier alpha value is -1.36. The summed E-state index contributed by atoms with van der Waals surface area (Å²) in [7, 11) is 0. The lowest BCUT2D eigenvalue weighted by Gasteiger charge is -2.13. The van der Waals surface area contributed by atoms with Gasteiger partial charge in [0.1, 0.15) is 0 Å². The summed E-state index contributed by atoms with van der Waals surface area (Å²) in [5.74, 6) is -0.259. The maximum Gasteiger partial charge on any atom is 0.324 e. The van der Waals surface area contributed by atoms with Gasteiger partial charge in [-0.3, -0.25) is 9.69 Å². The lowest BCUT2D eigenvalue weighted by Crippen LogP contribution is -2.34. The lowest BCUT2D eigenvalue weighted by molar-refractivity contribution is 0.0828. The van der Waals surface area contributed by atoms with Crippen molar-refractivity contribution in [2.75, 3.05) is 13.1 Å². The summed E-state index contributed by atoms with van der Waals surface area (Å²) in [6, 6.07) is 5.18. The van der Waals surface area contributed by atoms with Crippen LogP contribution in [-0.2, 0) is 0 Å². The predicted octanol–water partition coefficient (Wildman–Crippen LogP) is 1.92. The summed E-state index contributed by atoms with van der Waals surface area (Å²) >= 11 is 3.32. The summed E-state index contributed by atoms with van der Waals surface area (Å²) in [6.45, 7) is 2.86. The molecule has 0 spiro atoms. The minimum absolute atomic E-state index is 0.259. The molecule has 1 aromatic rings. The van der Waals surface area contributed by atoms with Crippen LogP contribution in [0.1, 0.15) is 15.9 Å². The number of carbonyl (C=O) groups excluding carboxylic acids is 2. The van der Waals surface area contributed by atoms with Gasteiger partial charge in [-0.1, -0.05) is 11.6 Å². The summed E-state index contributed by atoms with van der Waals surface area (Å²) in [5, 5.41) is 2.61. The first kappa shape index (κ1) is 11.1. The SMILES string of the molecule is Cc1ccc(Br)c(C(=O)N2CCNC2=O)c1. The fourth-order valence-electron chi connectivity index (χ4n) is 1.61. The van der Waals surface area contributed by atoms with E-state index < -0.39 is 0 Å². The molecule has 1 aliphatic heterocycles. The van der Waals surface area contributed by atoms with Crippen LogP contribution in [0.15, 0.2) is 22.7 Å². The first-order valence-corrected chi connectivity index (χ1v) is 5.75. The molecule has 5 heteroatoms. The zero-order chi connectivity index (χ0) is 11.7. The molecule has 1 heterocycles. The normalized spacial score (nSPS) is 15.1. The van der Waals surface area contributed by atoms with Crippen molar-refractivity contribution in [1.82, 2.24) is 10.2 Å². The van der Waals surface area contributed by atoms with Gasteiger partial charge in [0.05, 0.1) is 5.56 Å². The van der Waals surface area contributed by atoms with Crippen molar-refractivity contribution in [3.63, 3.8) is 0 Å². The van der Waals surface area contributed by atoms with Gasteiger partial charge in [-0.25, -0.2) is 4.79 Å². The number of urea groups is 1. The Morgan fingerprint density at radius 1 is 1.50 bits per heavy atom. The minimum atomic E-state index is -0.321. The number of amides is 3. The number of hydrogen-bond donors (Lipinski definition) is 1. The van der Waals surface area contributed by atoms with Crippen molar-refractivity contribution in [3.05, 3.63) is 33.8 Å². The van der Waals surface area contributed by atoms with Gasteiger partial charge < -0.3 is 5.32 Å². The molecular weight excluding hydrogens is 272 g/mol. The monoisotopic (exact) mass is 282 g/mol. The zero-order valence-electron chi connectivity index (χ0n) is 8.79. The molecule has 84 valence electrons. The maximum absolute atomic E-state index is 12.1. The number of hydrogen-bond acceptors (Lipinski definition) is 2. The summed E-state index contributed by atoms with van der Waals surface area (Å²) in [5.41, 5.74) is 1.52. The largest absolute Gasteiger partial charge is 0.336 e. The van der Waals surface area contributed by atoms with E-state index >= 15 is 0 Å². The van der Waals surface area contributed by atoms with Crippen molar-refractivity contribution in [2.24, 2.45) is 0 Å². The van der Waals surface area contributed by atoms with Crippen LogP contribution >= 0.6 is 15.9 Å². The molecule has 3 amide bonds. The maximum atomic E-state index is 12.1. The molecule has 1 saturated heterocycles. The zero-order valence-corrected chi connectivity index (χ0v) is 10.4. The molecule has 0 radical (unpaired) electrons. The van der Waals surface area contributed by atoms with Crippen molar-refractivity contribution in [1.29, 1.82) is 0 Å². The molecule has 0 bridgehead atoms. The van der Waals surface area contributed by atoms with Crippen molar-refractivity contribution in [3.8, 4) is 0 Å². The van der Waals surface area contributed by atoms with Gasteiger partial charge in [0, 0.05) is 17.6 Å². The molecule has 1 N–H and O–H groups in total. The van der Waals surface area contributed by atoms with E-state index in [4.69, 9.17) is 0 Å². The highest BCUT2D eigenvalue weighted by Gasteiger charge is 2.28. The average molecular weight is 283 g/mol. The Kier molecular flexibility index (Phi) is 2.96. The van der Waals surface area contributed by atoms with Crippen LogP contribution in [0.5, 0.6) is 0 Å². The van der Waals surface area contributed by atoms with E-state index in [1.54, 1.807) is 6.07 Å². The second kappa shape index (κ2) is 4.25. The molecule has 0 atom stereocenters. The second-order valence-corrected chi connectivity index (χ2v) is 4.53. The van der Waals surface area contributed by atoms with Gasteiger partial charge in [0.15, 0.2) is 0 Å². The molecule has 1 aromatic carbocycles. The molecular formula is C11H11BrN2O2. The molecule has 1 aliphatic rings. The molecule has 2 rings (SSSR count). The Labute approximate surface area is 102 Å². The molecule has 0 unspecified atom stereocenters. The molecule has 16 heavy (non-hydrogen) atoms. The van der Waals surface area contributed by atoms with Crippen LogP contribution in [0.2, 0.25) is 0 Å². The Balaban J connectivity index is 2.33. The standard InChI is InChI=1S/C11H11BrN2O2/c1-7-2-3-9(12)8(6-7)10(15)14-5-4-13-11(14)16/h2-3,6H,4-5H2,1H3,(H,13,16). The highest BCUT2D eigenvalue weighted by molar-refractivity contribution is 9.10.